The molecule has 1 unspecified atom stereocenters. The molecule has 0 bridgehead atoms. The Morgan fingerprint density at radius 2 is 2.00 bits per heavy atom. The Morgan fingerprint density at radius 1 is 1.19 bits per heavy atom. The maximum atomic E-state index is 13.3. The largest absolute Gasteiger partial charge is 0.486 e. The Labute approximate surface area is 130 Å². The van der Waals surface area contributed by atoms with Gasteiger partial charge in [-0.15, -0.1) is 0 Å². The fraction of sp³-hybridized carbons (Fsp3) is 0.250. The Bertz CT molecular complexity index is 660. The van der Waals surface area contributed by atoms with E-state index >= 15 is 0 Å². The minimum atomic E-state index is -0.792. The second-order valence-corrected chi connectivity index (χ2v) is 5.68. The molecule has 1 heterocycles. The third-order valence-electron chi connectivity index (χ3n) is 3.38. The summed E-state index contributed by atoms with van der Waals surface area (Å²) in [6.07, 6.45) is -0.502. The van der Waals surface area contributed by atoms with Crippen molar-refractivity contribution in [3.63, 3.8) is 0 Å². The van der Waals surface area contributed by atoms with Gasteiger partial charge in [0.05, 0.1) is 6.10 Å². The molecule has 0 saturated heterocycles. The Balaban J connectivity index is 1.89. The van der Waals surface area contributed by atoms with Crippen molar-refractivity contribution >= 4 is 15.9 Å². The summed E-state index contributed by atoms with van der Waals surface area (Å²) in [4.78, 5) is 0. The molecule has 0 saturated carbocycles. The molecule has 2 aromatic carbocycles. The van der Waals surface area contributed by atoms with Crippen molar-refractivity contribution in [2.45, 2.75) is 12.5 Å². The zero-order valence-corrected chi connectivity index (χ0v) is 12.8. The molecule has 0 aromatic heterocycles. The molecular weight excluding hydrogens is 339 g/mol. The van der Waals surface area contributed by atoms with Gasteiger partial charge < -0.3 is 14.6 Å². The molecule has 2 aromatic rings. The summed E-state index contributed by atoms with van der Waals surface area (Å²) >= 11 is 3.37. The lowest BCUT2D eigenvalue weighted by Crippen LogP contribution is -2.17. The molecule has 5 heteroatoms. The van der Waals surface area contributed by atoms with Gasteiger partial charge in [0, 0.05) is 16.5 Å². The highest BCUT2D eigenvalue weighted by Crippen LogP contribution is 2.38. The second kappa shape index (κ2) is 6.03. The van der Waals surface area contributed by atoms with Crippen molar-refractivity contribution < 1.29 is 19.0 Å². The van der Waals surface area contributed by atoms with Crippen molar-refractivity contribution in [2.24, 2.45) is 0 Å². The fourth-order valence-electron chi connectivity index (χ4n) is 2.38. The molecule has 1 aliphatic rings. The predicted molar refractivity (Wildman–Crippen MR) is 80.2 cm³/mol. The number of fused-ring (bicyclic) bond motifs is 1. The molecule has 1 aliphatic heterocycles. The van der Waals surface area contributed by atoms with Crippen LogP contribution in [0.15, 0.2) is 40.9 Å². The van der Waals surface area contributed by atoms with Crippen LogP contribution in [-0.2, 0) is 6.42 Å². The molecular formula is C16H14BrFO3. The summed E-state index contributed by atoms with van der Waals surface area (Å²) in [6.45, 7) is 0.961. The molecule has 0 spiro atoms. The zero-order valence-electron chi connectivity index (χ0n) is 11.2. The van der Waals surface area contributed by atoms with Crippen molar-refractivity contribution in [2.75, 3.05) is 13.2 Å². The number of rotatable bonds is 3. The molecule has 3 nitrogen and oxygen atoms in total. The van der Waals surface area contributed by atoms with Gasteiger partial charge in [-0.25, -0.2) is 4.39 Å². The first kappa shape index (κ1) is 14.4. The lowest BCUT2D eigenvalue weighted by atomic mass is 10.00. The van der Waals surface area contributed by atoms with Gasteiger partial charge in [0.15, 0.2) is 11.5 Å². The van der Waals surface area contributed by atoms with Crippen molar-refractivity contribution in [3.05, 3.63) is 57.8 Å². The van der Waals surface area contributed by atoms with Gasteiger partial charge in [-0.3, -0.25) is 0 Å². The molecule has 110 valence electrons. The third kappa shape index (κ3) is 3.04. The van der Waals surface area contributed by atoms with Gasteiger partial charge in [0.25, 0.3) is 0 Å². The number of ether oxygens (including phenoxy) is 2. The SMILES string of the molecule is OC(Cc1cc(F)ccc1Br)c1cccc2c1OCCO2. The summed E-state index contributed by atoms with van der Waals surface area (Å²) in [5, 5.41) is 10.5. The topological polar surface area (TPSA) is 38.7 Å². The zero-order chi connectivity index (χ0) is 14.8. The van der Waals surface area contributed by atoms with Gasteiger partial charge in [-0.2, -0.15) is 0 Å². The van der Waals surface area contributed by atoms with E-state index in [1.165, 1.54) is 12.1 Å². The number of hydrogen-bond acceptors (Lipinski definition) is 3. The Morgan fingerprint density at radius 3 is 2.86 bits per heavy atom. The summed E-state index contributed by atoms with van der Waals surface area (Å²) in [7, 11) is 0. The number of aliphatic hydroxyl groups is 1. The molecule has 0 aliphatic carbocycles. The van der Waals surface area contributed by atoms with Crippen LogP contribution in [0.2, 0.25) is 0 Å². The number of halogens is 2. The summed E-state index contributed by atoms with van der Waals surface area (Å²) in [6, 6.07) is 9.85. The number of para-hydroxylation sites is 1. The van der Waals surface area contributed by atoms with Crippen molar-refractivity contribution in [1.29, 1.82) is 0 Å². The van der Waals surface area contributed by atoms with Crippen LogP contribution in [0.4, 0.5) is 4.39 Å². The van der Waals surface area contributed by atoms with Gasteiger partial charge in [0.2, 0.25) is 0 Å². The monoisotopic (exact) mass is 352 g/mol. The van der Waals surface area contributed by atoms with E-state index < -0.39 is 6.10 Å². The number of benzene rings is 2. The van der Waals surface area contributed by atoms with E-state index in [1.807, 2.05) is 12.1 Å². The van der Waals surface area contributed by atoms with Crippen LogP contribution in [-0.4, -0.2) is 18.3 Å². The van der Waals surface area contributed by atoms with E-state index in [2.05, 4.69) is 15.9 Å². The van der Waals surface area contributed by atoms with E-state index in [-0.39, 0.29) is 12.2 Å². The Hall–Kier alpha value is -1.59. The quantitative estimate of drug-likeness (QED) is 0.916. The van der Waals surface area contributed by atoms with E-state index in [1.54, 1.807) is 12.1 Å². The highest BCUT2D eigenvalue weighted by atomic mass is 79.9. The van der Waals surface area contributed by atoms with E-state index in [0.717, 1.165) is 4.47 Å². The fourth-order valence-corrected chi connectivity index (χ4v) is 2.79. The second-order valence-electron chi connectivity index (χ2n) is 4.83. The summed E-state index contributed by atoms with van der Waals surface area (Å²) in [5.74, 6) is 0.884. The average molecular weight is 353 g/mol. The van der Waals surface area contributed by atoms with Crippen LogP contribution < -0.4 is 9.47 Å². The van der Waals surface area contributed by atoms with E-state index in [4.69, 9.17) is 9.47 Å². The lowest BCUT2D eigenvalue weighted by Gasteiger charge is -2.23. The maximum Gasteiger partial charge on any atom is 0.167 e. The molecule has 1 N–H and O–H groups in total. The van der Waals surface area contributed by atoms with Gasteiger partial charge in [0.1, 0.15) is 19.0 Å². The minimum Gasteiger partial charge on any atom is -0.486 e. The third-order valence-corrected chi connectivity index (χ3v) is 4.15. The van der Waals surface area contributed by atoms with Crippen LogP contribution in [0.5, 0.6) is 11.5 Å². The number of hydrogen-bond donors (Lipinski definition) is 1. The normalized spacial score (nSPS) is 14.8. The predicted octanol–water partition coefficient (Wildman–Crippen LogP) is 3.64. The summed E-state index contributed by atoms with van der Waals surface area (Å²) < 4.78 is 25.2. The highest BCUT2D eigenvalue weighted by Gasteiger charge is 2.21. The number of aliphatic hydroxyl groups excluding tert-OH is 1. The standard InChI is InChI=1S/C16H14BrFO3/c17-13-5-4-11(18)8-10(13)9-14(19)12-2-1-3-15-16(12)21-7-6-20-15/h1-5,8,14,19H,6-7,9H2. The van der Waals surface area contributed by atoms with Crippen LogP contribution in [0.1, 0.15) is 17.2 Å². The molecule has 0 fully saturated rings. The first-order valence-electron chi connectivity index (χ1n) is 6.65. The highest BCUT2D eigenvalue weighted by molar-refractivity contribution is 9.10. The van der Waals surface area contributed by atoms with Crippen LogP contribution in [0.25, 0.3) is 0 Å². The van der Waals surface area contributed by atoms with Crippen LogP contribution in [0, 0.1) is 5.82 Å². The molecule has 0 amide bonds. The average Bonchev–Trinajstić information content (AvgIpc) is 2.50. The maximum absolute atomic E-state index is 13.3. The van der Waals surface area contributed by atoms with Gasteiger partial charge >= 0.3 is 0 Å². The molecule has 21 heavy (non-hydrogen) atoms. The smallest absolute Gasteiger partial charge is 0.167 e. The summed E-state index contributed by atoms with van der Waals surface area (Å²) in [5.41, 5.74) is 1.36. The molecule has 1 atom stereocenters. The van der Waals surface area contributed by atoms with Crippen LogP contribution in [0.3, 0.4) is 0 Å². The minimum absolute atomic E-state index is 0.290. The van der Waals surface area contributed by atoms with E-state index in [0.29, 0.717) is 35.8 Å². The van der Waals surface area contributed by atoms with Crippen molar-refractivity contribution in [3.8, 4) is 11.5 Å². The molecule has 0 radical (unpaired) electrons. The van der Waals surface area contributed by atoms with E-state index in [9.17, 15) is 9.50 Å². The first-order chi connectivity index (χ1) is 10.1. The van der Waals surface area contributed by atoms with Crippen molar-refractivity contribution in [1.82, 2.24) is 0 Å². The Kier molecular flexibility index (Phi) is 4.12. The van der Waals surface area contributed by atoms with Gasteiger partial charge in [-0.1, -0.05) is 28.1 Å². The molecule has 3 rings (SSSR count). The van der Waals surface area contributed by atoms with Gasteiger partial charge in [-0.05, 0) is 29.8 Å². The lowest BCUT2D eigenvalue weighted by molar-refractivity contribution is 0.146. The van der Waals surface area contributed by atoms with Crippen LogP contribution >= 0.6 is 15.9 Å². The first-order valence-corrected chi connectivity index (χ1v) is 7.45.